The Hall–Kier alpha value is -1.18. The zero-order valence-corrected chi connectivity index (χ0v) is 6.96. The first-order valence-electron chi connectivity index (χ1n) is 3.73. The Kier molecular flexibility index (Phi) is 2.36. The molecule has 1 heterocycles. The third kappa shape index (κ3) is 1.64. The summed E-state index contributed by atoms with van der Waals surface area (Å²) < 4.78 is 0. The molecule has 1 aromatic heterocycles. The van der Waals surface area contributed by atoms with Gasteiger partial charge in [-0.15, -0.1) is 0 Å². The SMILES string of the molecule is C=Cc1cnc(CC)nc1C. The van der Waals surface area contributed by atoms with Crippen LogP contribution >= 0.6 is 0 Å². The van der Waals surface area contributed by atoms with Gasteiger partial charge in [0.2, 0.25) is 0 Å². The molecule has 0 unspecified atom stereocenters. The van der Waals surface area contributed by atoms with Gasteiger partial charge in [-0.3, -0.25) is 0 Å². The molecule has 0 N–H and O–H groups in total. The van der Waals surface area contributed by atoms with Gasteiger partial charge in [0.15, 0.2) is 0 Å². The van der Waals surface area contributed by atoms with Crippen LogP contribution in [0.15, 0.2) is 12.8 Å². The molecule has 0 aliphatic heterocycles. The van der Waals surface area contributed by atoms with Gasteiger partial charge >= 0.3 is 0 Å². The van der Waals surface area contributed by atoms with Gasteiger partial charge in [-0.1, -0.05) is 19.6 Å². The van der Waals surface area contributed by atoms with E-state index in [2.05, 4.69) is 16.5 Å². The maximum Gasteiger partial charge on any atom is 0.128 e. The van der Waals surface area contributed by atoms with Crippen LogP contribution in [-0.2, 0) is 6.42 Å². The van der Waals surface area contributed by atoms with Gasteiger partial charge in [-0.25, -0.2) is 9.97 Å². The van der Waals surface area contributed by atoms with Gasteiger partial charge in [0.25, 0.3) is 0 Å². The van der Waals surface area contributed by atoms with Crippen LogP contribution in [0.4, 0.5) is 0 Å². The van der Waals surface area contributed by atoms with E-state index in [1.54, 1.807) is 6.08 Å². The van der Waals surface area contributed by atoms with E-state index < -0.39 is 0 Å². The van der Waals surface area contributed by atoms with E-state index in [1.807, 2.05) is 20.0 Å². The molecule has 2 nitrogen and oxygen atoms in total. The highest BCUT2D eigenvalue weighted by atomic mass is 14.9. The lowest BCUT2D eigenvalue weighted by atomic mass is 10.2. The fourth-order valence-electron chi connectivity index (χ4n) is 0.895. The molecule has 0 saturated heterocycles. The summed E-state index contributed by atoms with van der Waals surface area (Å²) in [6.07, 6.45) is 4.47. The van der Waals surface area contributed by atoms with Crippen molar-refractivity contribution in [2.75, 3.05) is 0 Å². The lowest BCUT2D eigenvalue weighted by Crippen LogP contribution is -1.96. The number of rotatable bonds is 2. The van der Waals surface area contributed by atoms with Crippen molar-refractivity contribution in [3.05, 3.63) is 29.9 Å². The molecule has 0 amide bonds. The Morgan fingerprint density at radius 2 is 2.36 bits per heavy atom. The van der Waals surface area contributed by atoms with Gasteiger partial charge in [0.1, 0.15) is 5.82 Å². The largest absolute Gasteiger partial charge is 0.241 e. The van der Waals surface area contributed by atoms with E-state index in [-0.39, 0.29) is 0 Å². The van der Waals surface area contributed by atoms with Gasteiger partial charge in [0, 0.05) is 23.9 Å². The Bertz CT molecular complexity index is 266. The Labute approximate surface area is 67.0 Å². The lowest BCUT2D eigenvalue weighted by molar-refractivity contribution is 0.914. The zero-order chi connectivity index (χ0) is 8.27. The normalized spacial score (nSPS) is 9.64. The molecule has 0 saturated carbocycles. The van der Waals surface area contributed by atoms with E-state index in [0.717, 1.165) is 23.5 Å². The summed E-state index contributed by atoms with van der Waals surface area (Å²) in [6.45, 7) is 7.68. The number of nitrogens with zero attached hydrogens (tertiary/aromatic N) is 2. The smallest absolute Gasteiger partial charge is 0.128 e. The van der Waals surface area contributed by atoms with Crippen LogP contribution in [-0.4, -0.2) is 9.97 Å². The van der Waals surface area contributed by atoms with Crippen LogP contribution in [0.1, 0.15) is 24.0 Å². The predicted molar refractivity (Wildman–Crippen MR) is 46.2 cm³/mol. The van der Waals surface area contributed by atoms with Crippen molar-refractivity contribution in [1.82, 2.24) is 9.97 Å². The number of aromatic nitrogens is 2. The number of aryl methyl sites for hydroxylation is 2. The number of hydrogen-bond acceptors (Lipinski definition) is 2. The molecule has 0 aliphatic carbocycles. The summed E-state index contributed by atoms with van der Waals surface area (Å²) >= 11 is 0. The average molecular weight is 148 g/mol. The van der Waals surface area contributed by atoms with Gasteiger partial charge in [0.05, 0.1) is 0 Å². The van der Waals surface area contributed by atoms with Crippen LogP contribution in [0.2, 0.25) is 0 Å². The summed E-state index contributed by atoms with van der Waals surface area (Å²) in [7, 11) is 0. The van der Waals surface area contributed by atoms with Crippen molar-refractivity contribution in [3.63, 3.8) is 0 Å². The molecule has 58 valence electrons. The minimum Gasteiger partial charge on any atom is -0.241 e. The minimum atomic E-state index is 0.887. The first kappa shape index (κ1) is 7.92. The monoisotopic (exact) mass is 148 g/mol. The quantitative estimate of drug-likeness (QED) is 0.641. The molecule has 0 spiro atoms. The molecule has 0 aliphatic rings. The van der Waals surface area contributed by atoms with Crippen LogP contribution in [0.5, 0.6) is 0 Å². The second-order valence-electron chi connectivity index (χ2n) is 2.38. The highest BCUT2D eigenvalue weighted by Gasteiger charge is 1.96. The van der Waals surface area contributed by atoms with Crippen molar-refractivity contribution < 1.29 is 0 Å². The van der Waals surface area contributed by atoms with E-state index in [1.165, 1.54) is 0 Å². The van der Waals surface area contributed by atoms with Gasteiger partial charge < -0.3 is 0 Å². The minimum absolute atomic E-state index is 0.887. The Balaban J connectivity index is 3.09. The van der Waals surface area contributed by atoms with Crippen molar-refractivity contribution in [1.29, 1.82) is 0 Å². The molecule has 0 radical (unpaired) electrons. The van der Waals surface area contributed by atoms with E-state index in [9.17, 15) is 0 Å². The van der Waals surface area contributed by atoms with Crippen LogP contribution in [0, 0.1) is 6.92 Å². The maximum atomic E-state index is 4.28. The summed E-state index contributed by atoms with van der Waals surface area (Å²) in [5.41, 5.74) is 2.02. The first-order chi connectivity index (χ1) is 5.27. The third-order valence-corrected chi connectivity index (χ3v) is 1.60. The van der Waals surface area contributed by atoms with Crippen LogP contribution in [0.3, 0.4) is 0 Å². The van der Waals surface area contributed by atoms with E-state index >= 15 is 0 Å². The standard InChI is InChI=1S/C9H12N2/c1-4-8-6-10-9(5-2)11-7(8)3/h4,6H,1,5H2,2-3H3. The van der Waals surface area contributed by atoms with Crippen molar-refractivity contribution in [3.8, 4) is 0 Å². The Morgan fingerprint density at radius 3 is 2.82 bits per heavy atom. The second-order valence-corrected chi connectivity index (χ2v) is 2.38. The summed E-state index contributed by atoms with van der Waals surface area (Å²) in [5.74, 6) is 0.896. The van der Waals surface area contributed by atoms with Gasteiger partial charge in [-0.05, 0) is 6.92 Å². The lowest BCUT2D eigenvalue weighted by Gasteiger charge is -1.99. The number of hydrogen-bond donors (Lipinski definition) is 0. The molecule has 11 heavy (non-hydrogen) atoms. The van der Waals surface area contributed by atoms with Crippen LogP contribution < -0.4 is 0 Å². The Morgan fingerprint density at radius 1 is 1.64 bits per heavy atom. The van der Waals surface area contributed by atoms with Crippen molar-refractivity contribution in [2.45, 2.75) is 20.3 Å². The highest BCUT2D eigenvalue weighted by Crippen LogP contribution is 2.04. The zero-order valence-electron chi connectivity index (χ0n) is 6.96. The first-order valence-corrected chi connectivity index (χ1v) is 3.73. The molecule has 1 rings (SSSR count). The third-order valence-electron chi connectivity index (χ3n) is 1.60. The molecule has 2 heteroatoms. The maximum absolute atomic E-state index is 4.28. The average Bonchev–Trinajstić information content (AvgIpc) is 2.04. The van der Waals surface area contributed by atoms with E-state index in [4.69, 9.17) is 0 Å². The fourth-order valence-corrected chi connectivity index (χ4v) is 0.895. The summed E-state index contributed by atoms with van der Waals surface area (Å²) in [5, 5.41) is 0. The second kappa shape index (κ2) is 3.28. The van der Waals surface area contributed by atoms with Gasteiger partial charge in [-0.2, -0.15) is 0 Å². The molecule has 1 aromatic rings. The van der Waals surface area contributed by atoms with E-state index in [0.29, 0.717) is 0 Å². The topological polar surface area (TPSA) is 25.8 Å². The predicted octanol–water partition coefficient (Wildman–Crippen LogP) is 1.99. The molecule has 0 aromatic carbocycles. The molecule has 0 atom stereocenters. The fraction of sp³-hybridized carbons (Fsp3) is 0.333. The molecular formula is C9H12N2. The van der Waals surface area contributed by atoms with Crippen molar-refractivity contribution in [2.24, 2.45) is 0 Å². The highest BCUT2D eigenvalue weighted by molar-refractivity contribution is 5.47. The van der Waals surface area contributed by atoms with Crippen LogP contribution in [0.25, 0.3) is 6.08 Å². The molecule has 0 bridgehead atoms. The molecule has 0 fully saturated rings. The molecular weight excluding hydrogens is 136 g/mol. The van der Waals surface area contributed by atoms with Crippen molar-refractivity contribution >= 4 is 6.08 Å². The summed E-state index contributed by atoms with van der Waals surface area (Å²) in [6, 6.07) is 0. The summed E-state index contributed by atoms with van der Waals surface area (Å²) in [4.78, 5) is 8.43.